The first kappa shape index (κ1) is 83.8. The lowest BCUT2D eigenvalue weighted by Crippen LogP contribution is -2.62. The van der Waals surface area contributed by atoms with Crippen LogP contribution in [-0.2, 0) is 83.2 Å². The Morgan fingerprint density at radius 2 is 0.875 bits per heavy atom. The van der Waals surface area contributed by atoms with Crippen molar-refractivity contribution in [3.05, 3.63) is 124 Å². The number of thiazole rings is 1. The Hall–Kier alpha value is -9.11. The molecule has 27 heteroatoms. The molecule has 0 bridgehead atoms. The zero-order chi connectivity index (χ0) is 77.0. The Morgan fingerprint density at radius 1 is 0.452 bits per heavy atom. The highest BCUT2D eigenvalue weighted by atomic mass is 32.1. The molecule has 2 aliphatic heterocycles. The summed E-state index contributed by atoms with van der Waals surface area (Å²) in [6.45, 7) is 15.9. The zero-order valence-electron chi connectivity index (χ0n) is 63.4. The van der Waals surface area contributed by atoms with Crippen LogP contribution in [-0.4, -0.2) is 255 Å². The molecule has 104 heavy (non-hydrogen) atoms. The second kappa shape index (κ2) is 39.1. The van der Waals surface area contributed by atoms with Crippen LogP contribution in [0.15, 0.2) is 102 Å². The van der Waals surface area contributed by atoms with Crippen LogP contribution in [0.1, 0.15) is 130 Å². The van der Waals surface area contributed by atoms with Crippen LogP contribution >= 0.6 is 11.3 Å². The van der Waals surface area contributed by atoms with E-state index in [2.05, 4.69) is 26.3 Å². The first-order valence-electron chi connectivity index (χ1n) is 36.2. The number of aromatic nitrogens is 1. The second-order valence-corrected chi connectivity index (χ2v) is 30.0. The van der Waals surface area contributed by atoms with Gasteiger partial charge >= 0.3 is 0 Å². The first-order valence-corrected chi connectivity index (χ1v) is 37.1. The number of carbonyl (C=O) groups is 12. The second-order valence-electron chi connectivity index (χ2n) is 29.3. The topological polar surface area (TPSA) is 312 Å². The van der Waals surface area contributed by atoms with Gasteiger partial charge in [0, 0.05) is 93.5 Å². The molecule has 2 saturated heterocycles. The molecule has 3 aromatic carbocycles. The smallest absolute Gasteiger partial charge is 0.248 e. The summed E-state index contributed by atoms with van der Waals surface area (Å²) in [5.74, 6) is -9.59. The van der Waals surface area contributed by atoms with E-state index in [0.717, 1.165) is 21.1 Å². The minimum atomic E-state index is -1.69. The summed E-state index contributed by atoms with van der Waals surface area (Å²) in [5.41, 5.74) is 3.91. The van der Waals surface area contributed by atoms with Crippen molar-refractivity contribution >= 4 is 82.2 Å². The number of piperidine rings is 1. The van der Waals surface area contributed by atoms with Gasteiger partial charge in [-0.3, -0.25) is 57.5 Å². The summed E-state index contributed by atoms with van der Waals surface area (Å²) in [4.78, 5) is 196. The van der Waals surface area contributed by atoms with E-state index < -0.39 is 150 Å². The lowest BCUT2D eigenvalue weighted by atomic mass is 9.97. The van der Waals surface area contributed by atoms with Gasteiger partial charge in [-0.05, 0) is 93.7 Å². The van der Waals surface area contributed by atoms with Crippen molar-refractivity contribution in [2.45, 2.75) is 206 Å². The molecule has 5 N–H and O–H groups in total. The summed E-state index contributed by atoms with van der Waals surface area (Å²) in [6, 6.07) is 11.4. The van der Waals surface area contributed by atoms with Gasteiger partial charge in [-0.1, -0.05) is 133 Å². The Morgan fingerprint density at radius 3 is 1.37 bits per heavy atom. The van der Waals surface area contributed by atoms with Gasteiger partial charge in [-0.2, -0.15) is 0 Å². The standard InChI is InChI=1S/C77H111N13O13S/c1-47(2)37-57-67(93)82-66(52(9)91)77(103)89(16)63(39-49(5)6)75(101)84(11)51(8)72(98)86(13)62(43-56-45-104-46-78-56)70(96)80-58(40-53-29-21-17-22-30-53)73(99)88(15)64(42-55-33-25-19-26-34-55)76(102)87(14)60(38-48(3)4)68(94)81-59(74(100)90-35-27-20-28-36-90)44-65(92)83(10)50(7)71(97)85(12)61(69(95)79-57)41-54-31-23-18-24-32-54/h17-19,21-26,29-34,45-52,57-64,66,91H,20,27-28,35-44H2,1-16H3,(H,79,95)(H,80,96)(H,81,94)(H,82,93)/t50-,51-,52+,57-,58-,59-,60-,61-,62-,63-,64-,66-/m0/s1. The average molecular weight is 1460 g/mol. The highest BCUT2D eigenvalue weighted by Crippen LogP contribution is 2.24. The van der Waals surface area contributed by atoms with E-state index >= 15 is 33.6 Å². The van der Waals surface area contributed by atoms with Crippen molar-refractivity contribution < 1.29 is 62.6 Å². The number of rotatable bonds is 16. The minimum Gasteiger partial charge on any atom is -0.391 e. The fraction of sp³-hybridized carbons (Fsp3) is 0.571. The summed E-state index contributed by atoms with van der Waals surface area (Å²) >= 11 is 1.26. The Kier molecular flexibility index (Phi) is 31.5. The van der Waals surface area contributed by atoms with Gasteiger partial charge in [0.1, 0.15) is 66.5 Å². The monoisotopic (exact) mass is 1460 g/mol. The van der Waals surface area contributed by atoms with E-state index in [-0.39, 0.29) is 62.7 Å². The number of hydrogen-bond acceptors (Lipinski definition) is 15. The Bertz CT molecular complexity index is 3560. The van der Waals surface area contributed by atoms with Crippen molar-refractivity contribution in [1.82, 2.24) is 65.5 Å². The quantitative estimate of drug-likeness (QED) is 0.105. The van der Waals surface area contributed by atoms with Crippen molar-refractivity contribution in [3.8, 4) is 0 Å². The summed E-state index contributed by atoms with van der Waals surface area (Å²) in [6.07, 6.45) is -0.278. The molecule has 12 atom stereocenters. The van der Waals surface area contributed by atoms with Crippen LogP contribution < -0.4 is 21.3 Å². The van der Waals surface area contributed by atoms with Gasteiger partial charge in [0.05, 0.1) is 23.7 Å². The number of carbonyl (C=O) groups excluding carboxylic acids is 12. The summed E-state index contributed by atoms with van der Waals surface area (Å²) in [5, 5.41) is 24.4. The molecule has 0 saturated carbocycles. The normalized spacial score (nSPS) is 25.2. The van der Waals surface area contributed by atoms with Crippen molar-refractivity contribution in [2.24, 2.45) is 17.8 Å². The van der Waals surface area contributed by atoms with Gasteiger partial charge in [0.15, 0.2) is 0 Å². The number of aliphatic hydroxyl groups excluding tert-OH is 1. The van der Waals surface area contributed by atoms with E-state index in [9.17, 15) is 29.1 Å². The van der Waals surface area contributed by atoms with E-state index in [1.807, 2.05) is 41.5 Å². The predicted molar refractivity (Wildman–Crippen MR) is 396 cm³/mol. The van der Waals surface area contributed by atoms with Crippen molar-refractivity contribution in [1.29, 1.82) is 0 Å². The number of likely N-dealkylation sites (N-methyl/N-ethyl adjacent to an activating group) is 7. The van der Waals surface area contributed by atoms with Gasteiger partial charge in [-0.15, -0.1) is 11.3 Å². The molecular formula is C77H111N13O13S. The fourth-order valence-electron chi connectivity index (χ4n) is 13.3. The van der Waals surface area contributed by atoms with Crippen LogP contribution in [0.5, 0.6) is 0 Å². The number of hydrogen-bond donors (Lipinski definition) is 5. The van der Waals surface area contributed by atoms with Crippen LogP contribution in [0.4, 0.5) is 0 Å². The van der Waals surface area contributed by atoms with Crippen LogP contribution in [0.3, 0.4) is 0 Å². The van der Waals surface area contributed by atoms with Gasteiger partial charge in [0.2, 0.25) is 70.9 Å². The number of amides is 12. The Labute approximate surface area is 617 Å². The summed E-state index contributed by atoms with van der Waals surface area (Å²) in [7, 11) is 9.78. The van der Waals surface area contributed by atoms with Crippen LogP contribution in [0.25, 0.3) is 0 Å². The average Bonchev–Trinajstić information content (AvgIpc) is 1.41. The molecule has 3 heterocycles. The first-order chi connectivity index (χ1) is 49.1. The minimum absolute atomic E-state index is 0.0145. The van der Waals surface area contributed by atoms with E-state index in [1.54, 1.807) is 107 Å². The fourth-order valence-corrected chi connectivity index (χ4v) is 13.8. The van der Waals surface area contributed by atoms with Gasteiger partial charge in [0.25, 0.3) is 0 Å². The lowest BCUT2D eigenvalue weighted by molar-refractivity contribution is -0.153. The maximum absolute atomic E-state index is 15.7. The number of aliphatic hydroxyl groups is 1. The third-order valence-corrected chi connectivity index (χ3v) is 20.6. The Balaban J connectivity index is 1.52. The molecule has 568 valence electrons. The molecule has 26 nitrogen and oxygen atoms in total. The number of nitrogens with one attached hydrogen (secondary N) is 4. The molecule has 0 unspecified atom stereocenters. The molecule has 6 rings (SSSR count). The van der Waals surface area contributed by atoms with E-state index in [4.69, 9.17) is 0 Å². The number of likely N-dealkylation sites (tertiary alicyclic amines) is 1. The summed E-state index contributed by atoms with van der Waals surface area (Å²) < 4.78 is 0. The number of nitrogens with zero attached hydrogens (tertiary/aromatic N) is 9. The highest BCUT2D eigenvalue weighted by molar-refractivity contribution is 7.07. The third kappa shape index (κ3) is 22.7. The van der Waals surface area contributed by atoms with Crippen molar-refractivity contribution in [3.63, 3.8) is 0 Å². The predicted octanol–water partition coefficient (Wildman–Crippen LogP) is 4.12. The molecule has 0 aliphatic carbocycles. The molecular weight excluding hydrogens is 1350 g/mol. The SMILES string of the molecule is CC(C)C[C@@H]1NC(=O)[C@H](Cc2ccccc2)N(C)C(=O)[C@H](C)N(C)C(=O)C[C@@H](C(=O)N2CCCCC2)NC(=O)[C@H](CC(C)C)N(C)C(=O)[C@H](Cc2ccccc2)N(C)C(=O)[C@H](Cc2ccccc2)NC(=O)[C@H](Cc2cscn2)N(C)C(=O)[C@H](C)N(C)C(=O)[C@H](CC(C)C)N(C)C(=O)[C@H]([C@@H](C)O)NC1=O. The molecule has 2 aliphatic rings. The van der Waals surface area contributed by atoms with Crippen LogP contribution in [0, 0.1) is 17.8 Å². The maximum atomic E-state index is 15.7. The van der Waals surface area contributed by atoms with E-state index in [1.165, 1.54) is 101 Å². The molecule has 2 fully saturated rings. The van der Waals surface area contributed by atoms with E-state index in [0.29, 0.717) is 48.3 Å². The molecule has 0 spiro atoms. The molecule has 12 amide bonds. The zero-order valence-corrected chi connectivity index (χ0v) is 64.3. The third-order valence-electron chi connectivity index (χ3n) is 19.9. The number of benzene rings is 3. The molecule has 4 aromatic rings. The largest absolute Gasteiger partial charge is 0.391 e. The lowest BCUT2D eigenvalue weighted by Gasteiger charge is -2.38. The maximum Gasteiger partial charge on any atom is 0.248 e. The molecule has 1 aromatic heterocycles. The highest BCUT2D eigenvalue weighted by Gasteiger charge is 2.45. The van der Waals surface area contributed by atoms with Crippen molar-refractivity contribution in [2.75, 3.05) is 62.4 Å². The van der Waals surface area contributed by atoms with Crippen LogP contribution in [0.2, 0.25) is 0 Å². The molecule has 0 radical (unpaired) electrons. The van der Waals surface area contributed by atoms with Gasteiger partial charge in [-0.25, -0.2) is 4.98 Å². The van der Waals surface area contributed by atoms with Gasteiger partial charge < -0.3 is 65.6 Å².